The standard InChI is InChI=1S/C12H23ClN2O/c1-15-6-7-16-10(9-15)8-14-12-5-3-2-4-11(12)13/h10-12,14H,2-9H2,1H3. The van der Waals surface area contributed by atoms with Crippen molar-refractivity contribution in [2.24, 2.45) is 0 Å². The van der Waals surface area contributed by atoms with Crippen LogP contribution in [0.1, 0.15) is 25.7 Å². The lowest BCUT2D eigenvalue weighted by molar-refractivity contribution is -0.0196. The van der Waals surface area contributed by atoms with Crippen LogP contribution < -0.4 is 5.32 Å². The van der Waals surface area contributed by atoms with Gasteiger partial charge in [0.15, 0.2) is 0 Å². The van der Waals surface area contributed by atoms with Crippen molar-refractivity contribution in [1.82, 2.24) is 10.2 Å². The first kappa shape index (κ1) is 12.6. The second kappa shape index (κ2) is 6.20. The van der Waals surface area contributed by atoms with Crippen molar-refractivity contribution in [3.8, 4) is 0 Å². The normalized spacial score (nSPS) is 37.5. The maximum atomic E-state index is 6.32. The van der Waals surface area contributed by atoms with Gasteiger partial charge < -0.3 is 15.0 Å². The molecule has 2 rings (SSSR count). The van der Waals surface area contributed by atoms with Crippen LogP contribution in [0.15, 0.2) is 0 Å². The maximum Gasteiger partial charge on any atom is 0.0826 e. The summed E-state index contributed by atoms with van der Waals surface area (Å²) in [6, 6.07) is 0.492. The van der Waals surface area contributed by atoms with Gasteiger partial charge in [0.2, 0.25) is 0 Å². The summed E-state index contributed by atoms with van der Waals surface area (Å²) in [5, 5.41) is 3.89. The molecule has 16 heavy (non-hydrogen) atoms. The highest BCUT2D eigenvalue weighted by molar-refractivity contribution is 6.21. The Hall–Kier alpha value is 0.170. The molecular formula is C12H23ClN2O. The number of alkyl halides is 1. The molecule has 1 aliphatic heterocycles. The van der Waals surface area contributed by atoms with Gasteiger partial charge in [-0.2, -0.15) is 0 Å². The van der Waals surface area contributed by atoms with E-state index in [-0.39, 0.29) is 0 Å². The molecule has 0 aromatic carbocycles. The lowest BCUT2D eigenvalue weighted by atomic mass is 9.95. The van der Waals surface area contributed by atoms with Crippen LogP contribution in [0, 0.1) is 0 Å². The molecule has 0 aromatic heterocycles. The van der Waals surface area contributed by atoms with E-state index in [1.54, 1.807) is 0 Å². The lowest BCUT2D eigenvalue weighted by Gasteiger charge is -2.33. The molecule has 2 fully saturated rings. The van der Waals surface area contributed by atoms with Crippen molar-refractivity contribution in [1.29, 1.82) is 0 Å². The van der Waals surface area contributed by atoms with Crippen LogP contribution in [0.4, 0.5) is 0 Å². The predicted octanol–water partition coefficient (Wildman–Crippen LogP) is 1.46. The molecule has 1 saturated heterocycles. The zero-order valence-corrected chi connectivity index (χ0v) is 10.9. The Morgan fingerprint density at radius 2 is 2.19 bits per heavy atom. The summed E-state index contributed by atoms with van der Waals surface area (Å²) in [6.07, 6.45) is 5.31. The van der Waals surface area contributed by atoms with E-state index in [0.29, 0.717) is 17.5 Å². The zero-order valence-electron chi connectivity index (χ0n) is 10.1. The highest BCUT2D eigenvalue weighted by Crippen LogP contribution is 2.23. The first-order valence-electron chi connectivity index (χ1n) is 6.43. The predicted molar refractivity (Wildman–Crippen MR) is 67.1 cm³/mol. The number of likely N-dealkylation sites (N-methyl/N-ethyl adjacent to an activating group) is 1. The van der Waals surface area contributed by atoms with Crippen LogP contribution in [0.25, 0.3) is 0 Å². The van der Waals surface area contributed by atoms with Crippen molar-refractivity contribution in [3.05, 3.63) is 0 Å². The quantitative estimate of drug-likeness (QED) is 0.764. The molecule has 0 bridgehead atoms. The van der Waals surface area contributed by atoms with E-state index in [2.05, 4.69) is 17.3 Å². The van der Waals surface area contributed by atoms with Crippen molar-refractivity contribution >= 4 is 11.6 Å². The molecule has 0 spiro atoms. The molecule has 4 heteroatoms. The van der Waals surface area contributed by atoms with Gasteiger partial charge in [0.25, 0.3) is 0 Å². The smallest absolute Gasteiger partial charge is 0.0826 e. The number of ether oxygens (including phenoxy) is 1. The molecule has 0 aromatic rings. The van der Waals surface area contributed by atoms with E-state index in [1.165, 1.54) is 19.3 Å². The molecule has 0 radical (unpaired) electrons. The van der Waals surface area contributed by atoms with Gasteiger partial charge in [-0.3, -0.25) is 0 Å². The fraction of sp³-hybridized carbons (Fsp3) is 1.00. The molecular weight excluding hydrogens is 224 g/mol. The van der Waals surface area contributed by atoms with Gasteiger partial charge in [-0.15, -0.1) is 11.6 Å². The van der Waals surface area contributed by atoms with Gasteiger partial charge in [0, 0.05) is 31.1 Å². The highest BCUT2D eigenvalue weighted by Gasteiger charge is 2.24. The average Bonchev–Trinajstić information content (AvgIpc) is 2.28. The van der Waals surface area contributed by atoms with Gasteiger partial charge in [-0.1, -0.05) is 12.8 Å². The van der Waals surface area contributed by atoms with Gasteiger partial charge in [-0.25, -0.2) is 0 Å². The first-order chi connectivity index (χ1) is 7.75. The summed E-state index contributed by atoms with van der Waals surface area (Å²) >= 11 is 6.32. The number of nitrogens with zero attached hydrogens (tertiary/aromatic N) is 1. The minimum atomic E-state index is 0.315. The monoisotopic (exact) mass is 246 g/mol. The lowest BCUT2D eigenvalue weighted by Crippen LogP contribution is -2.49. The minimum Gasteiger partial charge on any atom is -0.374 e. The number of hydrogen-bond acceptors (Lipinski definition) is 3. The summed E-state index contributed by atoms with van der Waals surface area (Å²) in [5.74, 6) is 0. The van der Waals surface area contributed by atoms with Crippen LogP contribution in [0.3, 0.4) is 0 Å². The third kappa shape index (κ3) is 3.59. The molecule has 3 unspecified atom stereocenters. The van der Waals surface area contributed by atoms with Gasteiger partial charge in [0.05, 0.1) is 12.7 Å². The number of rotatable bonds is 3. The summed E-state index contributed by atoms with van der Waals surface area (Å²) in [5.41, 5.74) is 0. The van der Waals surface area contributed by atoms with Crippen LogP contribution in [-0.2, 0) is 4.74 Å². The Morgan fingerprint density at radius 1 is 1.38 bits per heavy atom. The van der Waals surface area contributed by atoms with Crippen molar-refractivity contribution in [3.63, 3.8) is 0 Å². The molecule has 1 saturated carbocycles. The highest BCUT2D eigenvalue weighted by atomic mass is 35.5. The Labute approximate surface area is 103 Å². The number of morpholine rings is 1. The van der Waals surface area contributed by atoms with E-state index in [4.69, 9.17) is 16.3 Å². The van der Waals surface area contributed by atoms with E-state index in [9.17, 15) is 0 Å². The zero-order chi connectivity index (χ0) is 11.4. The van der Waals surface area contributed by atoms with Crippen molar-refractivity contribution in [2.75, 3.05) is 33.3 Å². The molecule has 0 amide bonds. The molecule has 1 heterocycles. The third-order valence-corrected chi connectivity index (χ3v) is 4.15. The Balaban J connectivity index is 1.69. The SMILES string of the molecule is CN1CCOC(CNC2CCCCC2Cl)C1. The van der Waals surface area contributed by atoms with Crippen molar-refractivity contribution < 1.29 is 4.74 Å². The van der Waals surface area contributed by atoms with E-state index < -0.39 is 0 Å². The van der Waals surface area contributed by atoms with Gasteiger partial charge in [0.1, 0.15) is 0 Å². The largest absolute Gasteiger partial charge is 0.374 e. The second-order valence-electron chi connectivity index (χ2n) is 5.07. The van der Waals surface area contributed by atoms with Crippen LogP contribution in [0.2, 0.25) is 0 Å². The van der Waals surface area contributed by atoms with Gasteiger partial charge in [-0.05, 0) is 19.9 Å². The fourth-order valence-corrected chi connectivity index (χ4v) is 2.96. The molecule has 3 nitrogen and oxygen atoms in total. The fourth-order valence-electron chi connectivity index (χ4n) is 2.59. The molecule has 3 atom stereocenters. The summed E-state index contributed by atoms with van der Waals surface area (Å²) in [4.78, 5) is 2.33. The average molecular weight is 247 g/mol. The van der Waals surface area contributed by atoms with Gasteiger partial charge >= 0.3 is 0 Å². The Bertz CT molecular complexity index is 215. The minimum absolute atomic E-state index is 0.315. The topological polar surface area (TPSA) is 24.5 Å². The molecule has 2 aliphatic rings. The van der Waals surface area contributed by atoms with Crippen LogP contribution in [-0.4, -0.2) is 55.7 Å². The summed E-state index contributed by atoms with van der Waals surface area (Å²) in [7, 11) is 2.15. The summed E-state index contributed by atoms with van der Waals surface area (Å²) < 4.78 is 5.73. The maximum absolute atomic E-state index is 6.32. The van der Waals surface area contributed by atoms with E-state index in [1.807, 2.05) is 0 Å². The number of hydrogen-bond donors (Lipinski definition) is 1. The Kier molecular flexibility index (Phi) is 4.89. The molecule has 94 valence electrons. The number of nitrogens with one attached hydrogen (secondary N) is 1. The number of halogens is 1. The van der Waals surface area contributed by atoms with Crippen molar-refractivity contribution in [2.45, 2.75) is 43.2 Å². The Morgan fingerprint density at radius 3 is 2.94 bits per heavy atom. The molecule has 1 aliphatic carbocycles. The van der Waals surface area contributed by atoms with E-state index in [0.717, 1.165) is 32.7 Å². The van der Waals surface area contributed by atoms with E-state index >= 15 is 0 Å². The van der Waals surface area contributed by atoms with Crippen LogP contribution in [0.5, 0.6) is 0 Å². The summed E-state index contributed by atoms with van der Waals surface area (Å²) in [6.45, 7) is 3.89. The van der Waals surface area contributed by atoms with Crippen LogP contribution >= 0.6 is 11.6 Å². The third-order valence-electron chi connectivity index (χ3n) is 3.63. The molecule has 1 N–H and O–H groups in total. The second-order valence-corrected chi connectivity index (χ2v) is 5.63. The first-order valence-corrected chi connectivity index (χ1v) is 6.87.